The van der Waals surface area contributed by atoms with E-state index in [9.17, 15) is 5.11 Å². The van der Waals surface area contributed by atoms with Crippen LogP contribution in [0.4, 0.5) is 0 Å². The smallest absolute Gasteiger partial charge is 0.124 e. The van der Waals surface area contributed by atoms with Gasteiger partial charge in [-0.3, -0.25) is 0 Å². The lowest BCUT2D eigenvalue weighted by molar-refractivity contribution is 0.0270. The molecule has 2 atom stereocenters. The molecular formula is C19H33NO3. The van der Waals surface area contributed by atoms with Crippen LogP contribution in [0.25, 0.3) is 0 Å². The topological polar surface area (TPSA) is 50.7 Å². The maximum atomic E-state index is 10.00. The fourth-order valence-electron chi connectivity index (χ4n) is 2.46. The molecule has 1 aromatic rings. The highest BCUT2D eigenvalue weighted by atomic mass is 16.5. The van der Waals surface area contributed by atoms with Crippen molar-refractivity contribution in [3.63, 3.8) is 0 Å². The summed E-state index contributed by atoms with van der Waals surface area (Å²) in [6, 6.07) is 8.20. The third kappa shape index (κ3) is 8.94. The van der Waals surface area contributed by atoms with Crippen molar-refractivity contribution in [2.24, 2.45) is 5.92 Å². The fraction of sp³-hybridized carbons (Fsp3) is 0.684. The summed E-state index contributed by atoms with van der Waals surface area (Å²) in [4.78, 5) is 0. The van der Waals surface area contributed by atoms with Crippen LogP contribution in [0.2, 0.25) is 0 Å². The molecule has 1 aromatic carbocycles. The Morgan fingerprint density at radius 2 is 1.87 bits per heavy atom. The Morgan fingerprint density at radius 3 is 2.57 bits per heavy atom. The lowest BCUT2D eigenvalue weighted by Crippen LogP contribution is -2.36. The van der Waals surface area contributed by atoms with Gasteiger partial charge in [0.2, 0.25) is 0 Å². The summed E-state index contributed by atoms with van der Waals surface area (Å²) in [6.07, 6.45) is 3.15. The number of ether oxygens (including phenoxy) is 2. The van der Waals surface area contributed by atoms with Gasteiger partial charge in [-0.2, -0.15) is 0 Å². The summed E-state index contributed by atoms with van der Waals surface area (Å²) in [5.74, 6) is 1.58. The molecule has 0 spiro atoms. The van der Waals surface area contributed by atoms with E-state index in [4.69, 9.17) is 9.47 Å². The molecule has 0 aliphatic rings. The van der Waals surface area contributed by atoms with Crippen LogP contribution in [0.5, 0.6) is 5.75 Å². The van der Waals surface area contributed by atoms with E-state index in [2.05, 4.69) is 26.1 Å². The average molecular weight is 323 g/mol. The summed E-state index contributed by atoms with van der Waals surface area (Å²) in [5, 5.41) is 13.4. The number of benzene rings is 1. The van der Waals surface area contributed by atoms with E-state index in [0.717, 1.165) is 23.7 Å². The molecule has 0 saturated carbocycles. The minimum absolute atomic E-state index is 0.323. The van der Waals surface area contributed by atoms with Crippen molar-refractivity contribution in [3.05, 3.63) is 29.8 Å². The Balaban J connectivity index is 2.15. The van der Waals surface area contributed by atoms with Crippen molar-refractivity contribution >= 4 is 0 Å². The predicted molar refractivity (Wildman–Crippen MR) is 94.8 cm³/mol. The van der Waals surface area contributed by atoms with E-state index >= 15 is 0 Å². The Hall–Kier alpha value is -1.10. The van der Waals surface area contributed by atoms with Gasteiger partial charge in [0.05, 0.1) is 26.4 Å². The Morgan fingerprint density at radius 1 is 1.13 bits per heavy atom. The predicted octanol–water partition coefficient (Wildman–Crippen LogP) is 3.38. The zero-order chi connectivity index (χ0) is 17.1. The Labute approximate surface area is 141 Å². The molecule has 0 fully saturated rings. The number of methoxy groups -OCH3 is 1. The van der Waals surface area contributed by atoms with Crippen LogP contribution in [0.3, 0.4) is 0 Å². The molecule has 2 N–H and O–H groups in total. The molecule has 0 bridgehead atoms. The summed E-state index contributed by atoms with van der Waals surface area (Å²) in [7, 11) is 1.65. The van der Waals surface area contributed by atoms with E-state index in [1.165, 1.54) is 12.8 Å². The fourth-order valence-corrected chi connectivity index (χ4v) is 2.46. The largest absolute Gasteiger partial charge is 0.496 e. The van der Waals surface area contributed by atoms with Crippen molar-refractivity contribution in [1.29, 1.82) is 0 Å². The van der Waals surface area contributed by atoms with Crippen molar-refractivity contribution in [2.45, 2.75) is 58.8 Å². The standard InChI is InChI=1S/C19H33NO3/c1-15(2)8-7-9-16(3)20-12-18(21)14-23-13-17-10-5-6-11-19(17)22-4/h5-6,10-11,15-16,18,20-21H,7-9,12-14H2,1-4H3/t16-,18-/m0/s1. The maximum Gasteiger partial charge on any atom is 0.124 e. The van der Waals surface area contributed by atoms with Gasteiger partial charge in [0.25, 0.3) is 0 Å². The number of rotatable bonds is 12. The van der Waals surface area contributed by atoms with Gasteiger partial charge in [-0.05, 0) is 25.3 Å². The average Bonchev–Trinajstić information content (AvgIpc) is 2.53. The van der Waals surface area contributed by atoms with E-state index < -0.39 is 6.10 Å². The second kappa shape index (κ2) is 11.4. The molecule has 0 amide bonds. The number of nitrogens with one attached hydrogen (secondary N) is 1. The zero-order valence-corrected chi connectivity index (χ0v) is 15.0. The maximum absolute atomic E-state index is 10.00. The van der Waals surface area contributed by atoms with Crippen LogP contribution >= 0.6 is 0 Å². The van der Waals surface area contributed by atoms with Gasteiger partial charge in [0, 0.05) is 18.2 Å². The van der Waals surface area contributed by atoms with Crippen molar-refractivity contribution in [1.82, 2.24) is 5.32 Å². The molecule has 0 aliphatic carbocycles. The minimum atomic E-state index is -0.489. The molecule has 0 radical (unpaired) electrons. The van der Waals surface area contributed by atoms with Gasteiger partial charge >= 0.3 is 0 Å². The van der Waals surface area contributed by atoms with Crippen LogP contribution in [0.1, 0.15) is 45.6 Å². The van der Waals surface area contributed by atoms with Crippen molar-refractivity contribution < 1.29 is 14.6 Å². The summed E-state index contributed by atoms with van der Waals surface area (Å²) < 4.78 is 10.9. The third-order valence-corrected chi connectivity index (χ3v) is 3.88. The monoisotopic (exact) mass is 323 g/mol. The third-order valence-electron chi connectivity index (χ3n) is 3.88. The first-order chi connectivity index (χ1) is 11.0. The molecule has 4 heteroatoms. The number of hydrogen-bond acceptors (Lipinski definition) is 4. The van der Waals surface area contributed by atoms with Crippen LogP contribution in [0.15, 0.2) is 24.3 Å². The van der Waals surface area contributed by atoms with Gasteiger partial charge in [-0.15, -0.1) is 0 Å². The molecule has 0 aliphatic heterocycles. The summed E-state index contributed by atoms with van der Waals surface area (Å²) in [6.45, 7) is 8.01. The molecule has 0 aromatic heterocycles. The SMILES string of the molecule is COc1ccccc1COC[C@@H](O)CN[C@@H](C)CCCC(C)C. The molecule has 4 nitrogen and oxygen atoms in total. The lowest BCUT2D eigenvalue weighted by atomic mass is 10.0. The van der Waals surface area contributed by atoms with Crippen molar-refractivity contribution in [3.8, 4) is 5.75 Å². The second-order valence-electron chi connectivity index (χ2n) is 6.61. The number of hydrogen-bond donors (Lipinski definition) is 2. The van der Waals surface area contributed by atoms with E-state index in [-0.39, 0.29) is 0 Å². The highest BCUT2D eigenvalue weighted by molar-refractivity contribution is 5.32. The van der Waals surface area contributed by atoms with E-state index in [1.807, 2.05) is 24.3 Å². The lowest BCUT2D eigenvalue weighted by Gasteiger charge is -2.18. The molecule has 23 heavy (non-hydrogen) atoms. The highest BCUT2D eigenvalue weighted by Gasteiger charge is 2.09. The molecular weight excluding hydrogens is 290 g/mol. The minimum Gasteiger partial charge on any atom is -0.496 e. The van der Waals surface area contributed by atoms with Gasteiger partial charge < -0.3 is 19.9 Å². The number of para-hydroxylation sites is 1. The molecule has 132 valence electrons. The van der Waals surface area contributed by atoms with Gasteiger partial charge in [0.15, 0.2) is 0 Å². The first-order valence-electron chi connectivity index (χ1n) is 8.64. The van der Waals surface area contributed by atoms with Gasteiger partial charge in [-0.1, -0.05) is 44.9 Å². The van der Waals surface area contributed by atoms with E-state index in [0.29, 0.717) is 25.8 Å². The van der Waals surface area contributed by atoms with Crippen molar-refractivity contribution in [2.75, 3.05) is 20.3 Å². The second-order valence-corrected chi connectivity index (χ2v) is 6.61. The number of aliphatic hydroxyl groups excluding tert-OH is 1. The Bertz CT molecular complexity index is 423. The first-order valence-corrected chi connectivity index (χ1v) is 8.64. The van der Waals surface area contributed by atoms with Crippen LogP contribution in [-0.2, 0) is 11.3 Å². The van der Waals surface area contributed by atoms with Gasteiger partial charge in [0.1, 0.15) is 5.75 Å². The number of aliphatic hydroxyl groups is 1. The summed E-state index contributed by atoms with van der Waals surface area (Å²) >= 11 is 0. The highest BCUT2D eigenvalue weighted by Crippen LogP contribution is 2.18. The molecule has 0 heterocycles. The quantitative estimate of drug-likeness (QED) is 0.619. The Kier molecular flexibility index (Phi) is 9.92. The normalized spacial score (nSPS) is 14.0. The first kappa shape index (κ1) is 19.9. The molecule has 0 unspecified atom stereocenters. The zero-order valence-electron chi connectivity index (χ0n) is 15.0. The molecule has 0 saturated heterocycles. The van der Waals surface area contributed by atoms with Crippen LogP contribution in [-0.4, -0.2) is 37.5 Å². The van der Waals surface area contributed by atoms with Crippen LogP contribution < -0.4 is 10.1 Å². The molecule has 1 rings (SSSR count). The van der Waals surface area contributed by atoms with E-state index in [1.54, 1.807) is 7.11 Å². The van der Waals surface area contributed by atoms with Crippen LogP contribution in [0, 0.1) is 5.92 Å². The summed E-state index contributed by atoms with van der Waals surface area (Å²) in [5.41, 5.74) is 0.997. The van der Waals surface area contributed by atoms with Gasteiger partial charge in [-0.25, -0.2) is 0 Å².